The number of nitrogens with one attached hydrogen (secondary N) is 1. The van der Waals surface area contributed by atoms with Crippen molar-refractivity contribution in [1.29, 1.82) is 0 Å². The summed E-state index contributed by atoms with van der Waals surface area (Å²) in [7, 11) is -5.55. The molecule has 1 aliphatic heterocycles. The molecule has 0 bridgehead atoms. The second kappa shape index (κ2) is 5.98. The number of aliphatic carboxylic acids is 1. The second-order valence-corrected chi connectivity index (χ2v) is 6.62. The molecule has 2 rings (SSSR count). The number of carboxylic acids is 1. The van der Waals surface area contributed by atoms with Crippen LogP contribution in [0.2, 0.25) is 0 Å². The van der Waals surface area contributed by atoms with Gasteiger partial charge < -0.3 is 15.6 Å². The lowest BCUT2D eigenvalue weighted by molar-refractivity contribution is -0.138. The largest absolute Gasteiger partial charge is 0.516 e. The predicted octanol–water partition coefficient (Wildman–Crippen LogP) is 0.974. The van der Waals surface area contributed by atoms with Crippen molar-refractivity contribution in [1.82, 2.24) is 0 Å². The SMILES string of the molecule is NC(Cc1ccc(NS(=O)(=O)C(F)(F)F)c(C2CO2)c1)C(=O)O. The highest BCUT2D eigenvalue weighted by atomic mass is 32.2. The molecule has 0 aromatic heterocycles. The van der Waals surface area contributed by atoms with E-state index in [1.165, 1.54) is 16.9 Å². The molecule has 0 aliphatic carbocycles. The van der Waals surface area contributed by atoms with Gasteiger partial charge in [0.05, 0.1) is 12.3 Å². The Labute approximate surface area is 129 Å². The number of alkyl halides is 3. The summed E-state index contributed by atoms with van der Waals surface area (Å²) in [5, 5.41) is 8.76. The zero-order chi connectivity index (χ0) is 17.4. The van der Waals surface area contributed by atoms with Crippen LogP contribution < -0.4 is 10.5 Å². The van der Waals surface area contributed by atoms with Crippen LogP contribution >= 0.6 is 0 Å². The lowest BCUT2D eigenvalue weighted by atomic mass is 10.0. The number of benzene rings is 1. The molecule has 0 saturated carbocycles. The van der Waals surface area contributed by atoms with Crippen molar-refractivity contribution in [3.63, 3.8) is 0 Å². The molecule has 11 heteroatoms. The van der Waals surface area contributed by atoms with Crippen molar-refractivity contribution in [2.45, 2.75) is 24.1 Å². The second-order valence-electron chi connectivity index (χ2n) is 4.94. The van der Waals surface area contributed by atoms with E-state index in [2.05, 4.69) is 0 Å². The quantitative estimate of drug-likeness (QED) is 0.655. The van der Waals surface area contributed by atoms with E-state index in [1.54, 1.807) is 0 Å². The van der Waals surface area contributed by atoms with Gasteiger partial charge in [-0.25, -0.2) is 0 Å². The monoisotopic (exact) mass is 354 g/mol. The molecule has 4 N–H and O–H groups in total. The summed E-state index contributed by atoms with van der Waals surface area (Å²) in [6, 6.07) is 2.64. The van der Waals surface area contributed by atoms with Gasteiger partial charge >= 0.3 is 21.5 Å². The fraction of sp³-hybridized carbons (Fsp3) is 0.417. The number of nitrogens with two attached hydrogens (primary N) is 1. The Balaban J connectivity index is 2.29. The zero-order valence-electron chi connectivity index (χ0n) is 11.5. The molecule has 1 saturated heterocycles. The summed E-state index contributed by atoms with van der Waals surface area (Å²) >= 11 is 0. The van der Waals surface area contributed by atoms with E-state index in [1.807, 2.05) is 0 Å². The Morgan fingerprint density at radius 2 is 2.09 bits per heavy atom. The number of anilines is 1. The van der Waals surface area contributed by atoms with E-state index in [0.29, 0.717) is 5.56 Å². The third-order valence-corrected chi connectivity index (χ3v) is 4.22. The van der Waals surface area contributed by atoms with Gasteiger partial charge in [-0.2, -0.15) is 21.6 Å². The molecular formula is C12H13F3N2O5S. The summed E-state index contributed by atoms with van der Waals surface area (Å²) in [6.45, 7) is 0.231. The third-order valence-electron chi connectivity index (χ3n) is 3.12. The Morgan fingerprint density at radius 1 is 1.48 bits per heavy atom. The first-order chi connectivity index (χ1) is 10.5. The van der Waals surface area contributed by atoms with Crippen LogP contribution in [-0.2, 0) is 26.0 Å². The van der Waals surface area contributed by atoms with Crippen molar-refractivity contribution >= 4 is 21.7 Å². The fourth-order valence-corrected chi connectivity index (χ4v) is 2.46. The minimum absolute atomic E-state index is 0.0542. The number of sulfonamides is 1. The summed E-state index contributed by atoms with van der Waals surface area (Å²) in [5.74, 6) is -1.23. The maximum atomic E-state index is 12.4. The highest BCUT2D eigenvalue weighted by molar-refractivity contribution is 7.93. The number of carboxylic acid groups (broad SMARTS) is 1. The molecule has 1 fully saturated rings. The van der Waals surface area contributed by atoms with Gasteiger partial charge in [-0.1, -0.05) is 12.1 Å². The standard InChI is InChI=1S/C12H13F3N2O5S/c13-12(14,15)23(20,21)17-9-2-1-6(4-8(16)11(18)19)3-7(9)10-5-22-10/h1-3,8,10,17H,4-5,16H2,(H,18,19). The molecule has 2 unspecified atom stereocenters. The van der Waals surface area contributed by atoms with Gasteiger partial charge in [0.15, 0.2) is 0 Å². The molecule has 7 nitrogen and oxygen atoms in total. The number of hydrogen-bond acceptors (Lipinski definition) is 5. The van der Waals surface area contributed by atoms with E-state index in [-0.39, 0.29) is 24.3 Å². The van der Waals surface area contributed by atoms with Crippen LogP contribution in [0.4, 0.5) is 18.9 Å². The highest BCUT2D eigenvalue weighted by Gasteiger charge is 2.46. The van der Waals surface area contributed by atoms with Gasteiger partial charge in [0, 0.05) is 5.56 Å². The van der Waals surface area contributed by atoms with Gasteiger partial charge in [0.2, 0.25) is 0 Å². The van der Waals surface area contributed by atoms with Gasteiger partial charge in [0.25, 0.3) is 0 Å². The molecule has 0 spiro atoms. The Kier molecular flexibility index (Phi) is 4.55. The number of halogens is 3. The molecule has 128 valence electrons. The smallest absolute Gasteiger partial charge is 0.480 e. The first-order valence-electron chi connectivity index (χ1n) is 6.33. The molecular weight excluding hydrogens is 341 g/mol. The van der Waals surface area contributed by atoms with E-state index >= 15 is 0 Å². The average Bonchev–Trinajstić information content (AvgIpc) is 3.23. The Morgan fingerprint density at radius 3 is 2.57 bits per heavy atom. The van der Waals surface area contributed by atoms with Crippen LogP contribution in [0.15, 0.2) is 18.2 Å². The summed E-state index contributed by atoms with van der Waals surface area (Å²) in [4.78, 5) is 10.7. The fourth-order valence-electron chi connectivity index (χ4n) is 1.87. The van der Waals surface area contributed by atoms with Crippen molar-refractivity contribution in [3.8, 4) is 0 Å². The first-order valence-corrected chi connectivity index (χ1v) is 7.81. The van der Waals surface area contributed by atoms with E-state index in [4.69, 9.17) is 15.6 Å². The van der Waals surface area contributed by atoms with E-state index in [9.17, 15) is 26.4 Å². The molecule has 1 aliphatic rings. The first kappa shape index (κ1) is 17.5. The number of epoxide rings is 1. The van der Waals surface area contributed by atoms with Crippen molar-refractivity contribution in [2.24, 2.45) is 5.73 Å². The van der Waals surface area contributed by atoms with Crippen molar-refractivity contribution < 1.29 is 36.2 Å². The zero-order valence-corrected chi connectivity index (χ0v) is 12.3. The maximum Gasteiger partial charge on any atom is 0.516 e. The van der Waals surface area contributed by atoms with Gasteiger partial charge in [0.1, 0.15) is 12.1 Å². The normalized spacial score (nSPS) is 19.2. The van der Waals surface area contributed by atoms with E-state index < -0.39 is 33.6 Å². The van der Waals surface area contributed by atoms with Crippen LogP contribution in [0.25, 0.3) is 0 Å². The third kappa shape index (κ3) is 4.12. The van der Waals surface area contributed by atoms with Crippen LogP contribution in [0.5, 0.6) is 0 Å². The van der Waals surface area contributed by atoms with Crippen LogP contribution in [0, 0.1) is 0 Å². The Hall–Kier alpha value is -1.85. The molecule has 2 atom stereocenters. The van der Waals surface area contributed by atoms with Gasteiger partial charge in [-0.3, -0.25) is 9.52 Å². The molecule has 1 aromatic rings. The number of rotatable bonds is 6. The van der Waals surface area contributed by atoms with Gasteiger partial charge in [-0.15, -0.1) is 0 Å². The molecule has 0 amide bonds. The summed E-state index contributed by atoms with van der Waals surface area (Å²) in [6.07, 6.45) is -0.594. The highest BCUT2D eigenvalue weighted by Crippen LogP contribution is 2.37. The number of hydrogen-bond donors (Lipinski definition) is 3. The average molecular weight is 354 g/mol. The summed E-state index contributed by atoms with van der Waals surface area (Å²) in [5.41, 5.74) is 0.331. The number of carbonyl (C=O) groups is 1. The molecule has 0 radical (unpaired) electrons. The van der Waals surface area contributed by atoms with E-state index in [0.717, 1.165) is 6.07 Å². The number of ether oxygens (including phenoxy) is 1. The minimum Gasteiger partial charge on any atom is -0.480 e. The predicted molar refractivity (Wildman–Crippen MR) is 73.0 cm³/mol. The topological polar surface area (TPSA) is 122 Å². The van der Waals surface area contributed by atoms with Crippen molar-refractivity contribution in [2.75, 3.05) is 11.3 Å². The molecule has 1 heterocycles. The minimum atomic E-state index is -5.55. The van der Waals surface area contributed by atoms with Gasteiger partial charge in [-0.05, 0) is 18.1 Å². The van der Waals surface area contributed by atoms with Crippen LogP contribution in [0.1, 0.15) is 17.2 Å². The molecule has 1 aromatic carbocycles. The maximum absolute atomic E-state index is 12.4. The molecule has 23 heavy (non-hydrogen) atoms. The van der Waals surface area contributed by atoms with Crippen molar-refractivity contribution in [3.05, 3.63) is 29.3 Å². The summed E-state index contributed by atoms with van der Waals surface area (Å²) < 4.78 is 66.2. The van der Waals surface area contributed by atoms with Crippen LogP contribution in [-0.4, -0.2) is 37.7 Å². The Bertz CT molecular complexity index is 716. The van der Waals surface area contributed by atoms with Crippen LogP contribution in [0.3, 0.4) is 0 Å². The lowest BCUT2D eigenvalue weighted by Gasteiger charge is -2.15. The lowest BCUT2D eigenvalue weighted by Crippen LogP contribution is -2.32.